The summed E-state index contributed by atoms with van der Waals surface area (Å²) >= 11 is 0. The number of anilines is 3. The van der Waals surface area contributed by atoms with Crippen molar-refractivity contribution in [1.82, 2.24) is 4.98 Å². The van der Waals surface area contributed by atoms with Crippen LogP contribution in [-0.4, -0.2) is 4.98 Å². The minimum Gasteiger partial charge on any atom is -0.310 e. The summed E-state index contributed by atoms with van der Waals surface area (Å²) in [5.74, 6) is 1.86. The Bertz CT molecular complexity index is 3290. The van der Waals surface area contributed by atoms with Crippen molar-refractivity contribution in [2.75, 3.05) is 4.90 Å². The highest BCUT2D eigenvalue weighted by Gasteiger charge is 2.53. The number of fused-ring (bicyclic) bond motifs is 9. The molecule has 1 unspecified atom stereocenters. The van der Waals surface area contributed by atoms with E-state index in [1.54, 1.807) is 0 Å². The molecule has 0 fully saturated rings. The molecule has 1 aliphatic heterocycles. The number of aromatic nitrogens is 1. The first-order valence-corrected chi connectivity index (χ1v) is 24.0. The summed E-state index contributed by atoms with van der Waals surface area (Å²) < 4.78 is 14.8. The average Bonchev–Trinajstić information content (AvgIpc) is 3.67. The molecule has 4 heteroatoms. The minimum absolute atomic E-state index is 0.667. The second-order valence-electron chi connectivity index (χ2n) is 16.5. The minimum atomic E-state index is -3.05. The Balaban J connectivity index is 1.08. The molecule has 1 aromatic heterocycles. The van der Waals surface area contributed by atoms with Gasteiger partial charge < -0.3 is 9.46 Å². The van der Waals surface area contributed by atoms with E-state index in [1.165, 1.54) is 33.4 Å². The molecule has 310 valence electrons. The zero-order chi connectivity index (χ0) is 43.8. The summed E-state index contributed by atoms with van der Waals surface area (Å²) in [5, 5.41) is 1.60. The second-order valence-corrected chi connectivity index (χ2v) is 19.2. The molecule has 1 spiro atoms. The van der Waals surface area contributed by atoms with E-state index in [0.29, 0.717) is 0 Å². The van der Waals surface area contributed by atoms with Crippen molar-refractivity contribution < 1.29 is 4.57 Å². The number of nitrogens with zero attached hydrogens (tertiary/aromatic N) is 2. The molecule has 1 aliphatic carbocycles. The highest BCUT2D eigenvalue weighted by Crippen LogP contribution is 2.65. The van der Waals surface area contributed by atoms with Crippen LogP contribution in [0.3, 0.4) is 0 Å². The van der Waals surface area contributed by atoms with Crippen LogP contribution >= 0.6 is 7.14 Å². The Hall–Kier alpha value is -7.84. The van der Waals surface area contributed by atoms with Crippen molar-refractivity contribution in [3.63, 3.8) is 0 Å². The number of para-hydroxylation sites is 3. The van der Waals surface area contributed by atoms with Gasteiger partial charge in [-0.3, -0.25) is 0 Å². The van der Waals surface area contributed by atoms with E-state index in [0.717, 1.165) is 61.3 Å². The van der Waals surface area contributed by atoms with Gasteiger partial charge in [0.05, 0.1) is 28.2 Å². The van der Waals surface area contributed by atoms with Gasteiger partial charge in [-0.2, -0.15) is 0 Å². The van der Waals surface area contributed by atoms with E-state index in [-0.39, 0.29) is 0 Å². The average molecular weight is 853 g/mol. The van der Waals surface area contributed by atoms with Crippen molar-refractivity contribution in [2.24, 2.45) is 0 Å². The first kappa shape index (κ1) is 40.0. The van der Waals surface area contributed by atoms with Crippen molar-refractivity contribution in [2.45, 2.75) is 12.3 Å². The van der Waals surface area contributed by atoms with Gasteiger partial charge in [0, 0.05) is 33.0 Å². The lowest BCUT2D eigenvalue weighted by atomic mass is 9.64. The van der Waals surface area contributed by atoms with Crippen LogP contribution in [-0.2, 0) is 9.98 Å². The summed E-state index contributed by atoms with van der Waals surface area (Å²) in [6.07, 6.45) is 9.71. The molecule has 8 aromatic carbocycles. The predicted molar refractivity (Wildman–Crippen MR) is 273 cm³/mol. The monoisotopic (exact) mass is 852 g/mol. The smallest absolute Gasteiger partial charge is 0.164 e. The molecule has 0 saturated heterocycles. The van der Waals surface area contributed by atoms with Crippen LogP contribution in [0.4, 0.5) is 17.1 Å². The third-order valence-electron chi connectivity index (χ3n) is 12.9. The Labute approximate surface area is 381 Å². The lowest BCUT2D eigenvalue weighted by Gasteiger charge is -2.45. The van der Waals surface area contributed by atoms with Crippen LogP contribution in [0, 0.1) is 0 Å². The number of hydrogen-bond acceptors (Lipinski definition) is 3. The molecule has 11 rings (SSSR count). The lowest BCUT2D eigenvalue weighted by Crippen LogP contribution is -2.36. The molecule has 2 heterocycles. The van der Waals surface area contributed by atoms with Gasteiger partial charge in [-0.05, 0) is 82.0 Å². The van der Waals surface area contributed by atoms with Gasteiger partial charge in [-0.15, -0.1) is 0 Å². The second kappa shape index (κ2) is 16.7. The Morgan fingerprint density at radius 1 is 0.462 bits per heavy atom. The fourth-order valence-electron chi connectivity index (χ4n) is 10.0. The SMILES string of the molecule is C\C=C/C=C\C=C\P(=O)(c1ccccc1)c1ccc(-c2ccc(-c3nc(-c4ccccc4)cc4c3C3(c5ccccc5-4)c4ccccc4N(c4ccccc4)c4ccccc43)cc2)cc1. The molecule has 65 heavy (non-hydrogen) atoms. The molecular formula is C61H45N2OP. The van der Waals surface area contributed by atoms with E-state index in [4.69, 9.17) is 4.98 Å². The summed E-state index contributed by atoms with van der Waals surface area (Å²) in [4.78, 5) is 8.11. The topological polar surface area (TPSA) is 33.2 Å². The zero-order valence-electron chi connectivity index (χ0n) is 36.0. The molecule has 0 radical (unpaired) electrons. The van der Waals surface area contributed by atoms with Gasteiger partial charge >= 0.3 is 0 Å². The normalized spacial score (nSPS) is 14.3. The fourth-order valence-corrected chi connectivity index (χ4v) is 12.2. The van der Waals surface area contributed by atoms with Gasteiger partial charge in [0.25, 0.3) is 0 Å². The Morgan fingerprint density at radius 3 is 1.62 bits per heavy atom. The Morgan fingerprint density at radius 2 is 0.969 bits per heavy atom. The van der Waals surface area contributed by atoms with Gasteiger partial charge in [0.1, 0.15) is 0 Å². The molecule has 0 bridgehead atoms. The molecule has 3 nitrogen and oxygen atoms in total. The van der Waals surface area contributed by atoms with Crippen LogP contribution in [0.15, 0.2) is 255 Å². The third-order valence-corrected chi connectivity index (χ3v) is 15.6. The van der Waals surface area contributed by atoms with E-state index in [1.807, 2.05) is 85.6 Å². The van der Waals surface area contributed by atoms with Gasteiger partial charge in [0.15, 0.2) is 7.14 Å². The quantitative estimate of drug-likeness (QED) is 0.107. The maximum Gasteiger partial charge on any atom is 0.164 e. The van der Waals surface area contributed by atoms with E-state index >= 15 is 0 Å². The van der Waals surface area contributed by atoms with Crippen LogP contribution in [0.2, 0.25) is 0 Å². The molecule has 0 saturated carbocycles. The van der Waals surface area contributed by atoms with Crippen LogP contribution < -0.4 is 15.5 Å². The number of allylic oxidation sites excluding steroid dienone is 5. The number of benzene rings is 8. The zero-order valence-corrected chi connectivity index (χ0v) is 36.9. The maximum absolute atomic E-state index is 14.8. The largest absolute Gasteiger partial charge is 0.310 e. The van der Waals surface area contributed by atoms with Crippen LogP contribution in [0.5, 0.6) is 0 Å². The summed E-state index contributed by atoms with van der Waals surface area (Å²) in [6, 6.07) is 77.2. The maximum atomic E-state index is 14.8. The van der Waals surface area contributed by atoms with Gasteiger partial charge in [0.2, 0.25) is 0 Å². The third kappa shape index (κ3) is 6.67. The van der Waals surface area contributed by atoms with E-state index in [9.17, 15) is 4.57 Å². The molecule has 0 N–H and O–H groups in total. The van der Waals surface area contributed by atoms with Crippen LogP contribution in [0.1, 0.15) is 29.2 Å². The highest BCUT2D eigenvalue weighted by atomic mass is 31.2. The van der Waals surface area contributed by atoms with Crippen LogP contribution in [0.25, 0.3) is 44.8 Å². The van der Waals surface area contributed by atoms with Gasteiger partial charge in [-0.25, -0.2) is 4.98 Å². The molecular weight excluding hydrogens is 808 g/mol. The molecule has 0 amide bonds. The number of rotatable bonds is 9. The van der Waals surface area contributed by atoms with Crippen molar-refractivity contribution >= 4 is 34.8 Å². The molecule has 9 aromatic rings. The summed E-state index contributed by atoms with van der Waals surface area (Å²) in [5.41, 5.74) is 16.2. The van der Waals surface area contributed by atoms with E-state index < -0.39 is 12.6 Å². The standard InChI is InChI=1S/C61H45N2OP/c1-2-3-4-5-21-42-65(64,49-26-13-8-14-27-49)50-40-38-45(39-41-50)44-34-36-47(37-35-44)60-59-52(43-56(62-60)46-22-9-6-10-23-46)51-28-15-16-29-53(51)61(59)54-30-17-19-32-57(54)63(48-24-11-7-12-25-48)58-33-20-18-31-55(58)61/h2-43H,1H3/b3-2-,5-4-,42-21+. The fraction of sp³-hybridized carbons (Fsp3) is 0.0328. The van der Waals surface area contributed by atoms with Crippen molar-refractivity contribution in [3.8, 4) is 44.8 Å². The lowest BCUT2D eigenvalue weighted by molar-refractivity contribution is 0.592. The summed E-state index contributed by atoms with van der Waals surface area (Å²) in [6.45, 7) is 1.98. The van der Waals surface area contributed by atoms with Crippen molar-refractivity contribution in [3.05, 3.63) is 277 Å². The molecule has 2 aliphatic rings. The van der Waals surface area contributed by atoms with E-state index in [2.05, 4.69) is 181 Å². The van der Waals surface area contributed by atoms with Gasteiger partial charge in [-0.1, -0.05) is 218 Å². The molecule has 1 atom stereocenters. The summed E-state index contributed by atoms with van der Waals surface area (Å²) in [7, 11) is -3.05. The number of pyridine rings is 1. The first-order valence-electron chi connectivity index (χ1n) is 22.2. The number of hydrogen-bond donors (Lipinski definition) is 0. The Kier molecular flexibility index (Phi) is 10.3. The first-order chi connectivity index (χ1) is 32.1. The highest BCUT2D eigenvalue weighted by molar-refractivity contribution is 7.81. The predicted octanol–water partition coefficient (Wildman–Crippen LogP) is 15.2. The van der Waals surface area contributed by atoms with Crippen molar-refractivity contribution in [1.29, 1.82) is 0 Å².